The molecule has 10 heteroatoms. The smallest absolute Gasteiger partial charge is 0.272 e. The van der Waals surface area contributed by atoms with E-state index in [0.29, 0.717) is 11.5 Å². The maximum Gasteiger partial charge on any atom is 0.272 e. The minimum absolute atomic E-state index is 0.0306. The average Bonchev–Trinajstić information content (AvgIpc) is 3.13. The Labute approximate surface area is 172 Å². The topological polar surface area (TPSA) is 143 Å². The molecule has 0 unspecified atom stereocenters. The van der Waals surface area contributed by atoms with Crippen LogP contribution in [0.4, 0.5) is 0 Å². The number of aromatic nitrogens is 4. The molecule has 0 aliphatic heterocycles. The third-order valence-electron chi connectivity index (χ3n) is 4.52. The molecule has 0 bridgehead atoms. The zero-order valence-electron chi connectivity index (χ0n) is 16.9. The lowest BCUT2D eigenvalue weighted by Gasteiger charge is -2.25. The van der Waals surface area contributed by atoms with Gasteiger partial charge in [0.1, 0.15) is 18.1 Å². The van der Waals surface area contributed by atoms with Crippen LogP contribution in [0, 0.1) is 13.8 Å². The molecule has 0 aliphatic carbocycles. The molecule has 3 heterocycles. The Morgan fingerprint density at radius 1 is 1.17 bits per heavy atom. The molecule has 3 N–H and O–H groups in total. The van der Waals surface area contributed by atoms with Gasteiger partial charge in [-0.1, -0.05) is 5.16 Å². The second-order valence-corrected chi connectivity index (χ2v) is 7.13. The number of aryl methyl sites for hydroxylation is 2. The predicted molar refractivity (Wildman–Crippen MR) is 106 cm³/mol. The highest BCUT2D eigenvalue weighted by Crippen LogP contribution is 2.26. The van der Waals surface area contributed by atoms with Gasteiger partial charge in [0.25, 0.3) is 5.91 Å². The first-order valence-electron chi connectivity index (χ1n) is 9.24. The van der Waals surface area contributed by atoms with Crippen molar-refractivity contribution in [3.63, 3.8) is 0 Å². The molecule has 0 aliphatic rings. The third kappa shape index (κ3) is 4.78. The predicted octanol–water partition coefficient (Wildman–Crippen LogP) is 1.20. The fourth-order valence-corrected chi connectivity index (χ4v) is 2.53. The number of nitrogens with one attached hydrogen (secondary N) is 1. The number of ether oxygens (including phenoxy) is 1. The van der Waals surface area contributed by atoms with Crippen molar-refractivity contribution in [3.05, 3.63) is 53.2 Å². The standard InChI is InChI=1S/C20H23N5O5/c1-12-4-5-14(8-21-12)18-15(13(2)30-25-18)9-29-17-7-6-16(23-24-17)19(28)22-20(3,10-26)11-27/h4-8,26-27H,9-11H2,1-3H3,(H,22,28). The minimum Gasteiger partial charge on any atom is -0.472 e. The van der Waals surface area contributed by atoms with Crippen LogP contribution in [0.15, 0.2) is 35.0 Å². The van der Waals surface area contributed by atoms with E-state index in [4.69, 9.17) is 9.26 Å². The van der Waals surface area contributed by atoms with Gasteiger partial charge in [-0.3, -0.25) is 9.78 Å². The van der Waals surface area contributed by atoms with Crippen LogP contribution < -0.4 is 10.1 Å². The van der Waals surface area contributed by atoms with E-state index >= 15 is 0 Å². The van der Waals surface area contributed by atoms with Gasteiger partial charge in [0, 0.05) is 23.5 Å². The largest absolute Gasteiger partial charge is 0.472 e. The Bertz CT molecular complexity index is 997. The van der Waals surface area contributed by atoms with Crippen molar-refractivity contribution in [1.29, 1.82) is 0 Å². The van der Waals surface area contributed by atoms with Crippen molar-refractivity contribution in [2.24, 2.45) is 0 Å². The third-order valence-corrected chi connectivity index (χ3v) is 4.52. The summed E-state index contributed by atoms with van der Waals surface area (Å²) < 4.78 is 11.0. The Hall–Kier alpha value is -3.37. The minimum atomic E-state index is -1.15. The first kappa shape index (κ1) is 21.3. The molecule has 3 aromatic heterocycles. The molecule has 0 saturated heterocycles. The van der Waals surface area contributed by atoms with Crippen molar-refractivity contribution < 1.29 is 24.3 Å². The highest BCUT2D eigenvalue weighted by molar-refractivity contribution is 5.92. The SMILES string of the molecule is Cc1ccc(-c2noc(C)c2COc2ccc(C(=O)NC(C)(CO)CO)nn2)cn1. The summed E-state index contributed by atoms with van der Waals surface area (Å²) in [7, 11) is 0. The molecule has 158 valence electrons. The normalized spacial score (nSPS) is 11.4. The average molecular weight is 413 g/mol. The highest BCUT2D eigenvalue weighted by Gasteiger charge is 2.26. The Morgan fingerprint density at radius 2 is 1.93 bits per heavy atom. The molecule has 1 amide bonds. The first-order chi connectivity index (χ1) is 14.3. The second-order valence-electron chi connectivity index (χ2n) is 7.13. The van der Waals surface area contributed by atoms with E-state index in [0.717, 1.165) is 16.8 Å². The van der Waals surface area contributed by atoms with Crippen LogP contribution in [0.5, 0.6) is 5.88 Å². The van der Waals surface area contributed by atoms with Crippen LogP contribution in [-0.4, -0.2) is 55.2 Å². The van der Waals surface area contributed by atoms with Crippen molar-refractivity contribution in [1.82, 2.24) is 25.7 Å². The number of hydrogen-bond acceptors (Lipinski definition) is 9. The van der Waals surface area contributed by atoms with Gasteiger partial charge in [0.05, 0.1) is 24.3 Å². The number of carbonyl (C=O) groups excluding carboxylic acids is 1. The van der Waals surface area contributed by atoms with Gasteiger partial charge in [-0.05, 0) is 39.0 Å². The molecule has 3 aromatic rings. The molecule has 30 heavy (non-hydrogen) atoms. The van der Waals surface area contributed by atoms with E-state index < -0.39 is 24.7 Å². The van der Waals surface area contributed by atoms with Gasteiger partial charge in [-0.15, -0.1) is 10.2 Å². The summed E-state index contributed by atoms with van der Waals surface area (Å²) in [5, 5.41) is 32.9. The quantitative estimate of drug-likeness (QED) is 0.496. The van der Waals surface area contributed by atoms with E-state index in [9.17, 15) is 15.0 Å². The number of hydrogen-bond donors (Lipinski definition) is 3. The van der Waals surface area contributed by atoms with Crippen LogP contribution in [0.3, 0.4) is 0 Å². The maximum absolute atomic E-state index is 12.2. The summed E-state index contributed by atoms with van der Waals surface area (Å²) in [5.41, 5.74) is 1.98. The summed E-state index contributed by atoms with van der Waals surface area (Å²) in [6.45, 7) is 4.51. The van der Waals surface area contributed by atoms with Crippen molar-refractivity contribution in [2.75, 3.05) is 13.2 Å². The van der Waals surface area contributed by atoms with Crippen molar-refractivity contribution in [2.45, 2.75) is 32.9 Å². The van der Waals surface area contributed by atoms with Gasteiger partial charge in [0.2, 0.25) is 5.88 Å². The molecule has 0 radical (unpaired) electrons. The van der Waals surface area contributed by atoms with Gasteiger partial charge >= 0.3 is 0 Å². The summed E-state index contributed by atoms with van der Waals surface area (Å²) in [5.74, 6) is 0.262. The van der Waals surface area contributed by atoms with Gasteiger partial charge in [-0.25, -0.2) is 0 Å². The maximum atomic E-state index is 12.2. The van der Waals surface area contributed by atoms with Crippen molar-refractivity contribution in [3.8, 4) is 17.1 Å². The molecular weight excluding hydrogens is 390 g/mol. The number of carbonyl (C=O) groups is 1. The molecule has 0 fully saturated rings. The zero-order valence-corrected chi connectivity index (χ0v) is 16.9. The van der Waals surface area contributed by atoms with Crippen LogP contribution in [0.2, 0.25) is 0 Å². The summed E-state index contributed by atoms with van der Waals surface area (Å²) in [4.78, 5) is 16.5. The van der Waals surface area contributed by atoms with Gasteiger partial charge < -0.3 is 24.8 Å². The fourth-order valence-electron chi connectivity index (χ4n) is 2.53. The zero-order chi connectivity index (χ0) is 21.7. The van der Waals surface area contributed by atoms with E-state index in [2.05, 4.69) is 25.7 Å². The van der Waals surface area contributed by atoms with Crippen LogP contribution in [0.25, 0.3) is 11.3 Å². The molecule has 0 spiro atoms. The molecule has 10 nitrogen and oxygen atoms in total. The molecule has 3 rings (SSSR count). The molecule has 0 atom stereocenters. The lowest BCUT2D eigenvalue weighted by Crippen LogP contribution is -2.51. The number of pyridine rings is 1. The fraction of sp³-hybridized carbons (Fsp3) is 0.350. The number of aliphatic hydroxyl groups excluding tert-OH is 2. The number of amides is 1. The van der Waals surface area contributed by atoms with Gasteiger partial charge in [-0.2, -0.15) is 0 Å². The lowest BCUT2D eigenvalue weighted by molar-refractivity contribution is 0.0718. The summed E-state index contributed by atoms with van der Waals surface area (Å²) in [6, 6.07) is 6.74. The van der Waals surface area contributed by atoms with Crippen LogP contribution >= 0.6 is 0 Å². The van der Waals surface area contributed by atoms with E-state index in [-0.39, 0.29) is 18.2 Å². The molecule has 0 aromatic carbocycles. The van der Waals surface area contributed by atoms with Crippen LogP contribution in [-0.2, 0) is 6.61 Å². The summed E-state index contributed by atoms with van der Waals surface area (Å²) >= 11 is 0. The monoisotopic (exact) mass is 413 g/mol. The molecular formula is C20H23N5O5. The lowest BCUT2D eigenvalue weighted by atomic mass is 10.1. The van der Waals surface area contributed by atoms with E-state index in [1.54, 1.807) is 13.1 Å². The molecule has 0 saturated carbocycles. The number of aliphatic hydroxyl groups is 2. The first-order valence-corrected chi connectivity index (χ1v) is 9.24. The van der Waals surface area contributed by atoms with E-state index in [1.165, 1.54) is 19.1 Å². The highest BCUT2D eigenvalue weighted by atomic mass is 16.5. The summed E-state index contributed by atoms with van der Waals surface area (Å²) in [6.07, 6.45) is 1.72. The van der Waals surface area contributed by atoms with Gasteiger partial charge in [0.15, 0.2) is 5.69 Å². The number of nitrogens with zero attached hydrogens (tertiary/aromatic N) is 4. The Kier molecular flexibility index (Phi) is 6.38. The Balaban J connectivity index is 1.68. The second kappa shape index (κ2) is 8.97. The van der Waals surface area contributed by atoms with E-state index in [1.807, 2.05) is 19.1 Å². The van der Waals surface area contributed by atoms with Crippen molar-refractivity contribution >= 4 is 5.91 Å². The number of rotatable bonds is 8. The Morgan fingerprint density at radius 3 is 2.53 bits per heavy atom. The van der Waals surface area contributed by atoms with Crippen LogP contribution in [0.1, 0.15) is 34.4 Å².